The molecule has 0 aliphatic carbocycles. The minimum atomic E-state index is -4.25. The van der Waals surface area contributed by atoms with E-state index in [4.69, 9.17) is 0 Å². The molecule has 0 saturated heterocycles. The van der Waals surface area contributed by atoms with Crippen molar-refractivity contribution in [1.82, 2.24) is 5.43 Å². The normalized spacial score (nSPS) is 11.4. The molecule has 0 fully saturated rings. The molecule has 0 aromatic heterocycles. The molecule has 0 unspecified atom stereocenters. The number of hydrazone groups is 1. The van der Waals surface area contributed by atoms with Gasteiger partial charge in [-0.25, -0.2) is 13.8 Å². The van der Waals surface area contributed by atoms with Crippen molar-refractivity contribution in [2.75, 3.05) is 16.2 Å². The zero-order valence-electron chi connectivity index (χ0n) is 21.8. The average Bonchev–Trinajstić information content (AvgIpc) is 2.99. The first kappa shape index (κ1) is 28.6. The van der Waals surface area contributed by atoms with Crippen molar-refractivity contribution in [2.45, 2.75) is 11.8 Å². The second kappa shape index (κ2) is 12.7. The molecular weight excluding hydrogens is 546 g/mol. The van der Waals surface area contributed by atoms with Crippen LogP contribution >= 0.6 is 0 Å². The molecule has 0 spiro atoms. The van der Waals surface area contributed by atoms with Crippen molar-refractivity contribution in [1.29, 1.82) is 0 Å². The lowest BCUT2D eigenvalue weighted by molar-refractivity contribution is -0.384. The van der Waals surface area contributed by atoms with Crippen LogP contribution in [0.2, 0.25) is 0 Å². The topological polar surface area (TPSA) is 151 Å². The van der Waals surface area contributed by atoms with Crippen molar-refractivity contribution in [3.8, 4) is 0 Å². The lowest BCUT2D eigenvalue weighted by Crippen LogP contribution is -2.39. The standard InChI is InChI=1S/C29H25N5O6S/c1-21(22-15-17-24(18-16-22)30-29(36)23-9-4-2-5-10-23)31-32-28(35)20-33(25-11-8-12-26(19-25)34(37)38)41(39,40)27-13-6-3-7-14-27/h2-19H,20H2,1H3,(H,30,36)(H,32,35)/b31-21-. The van der Waals surface area contributed by atoms with Gasteiger partial charge in [0.1, 0.15) is 6.54 Å². The third kappa shape index (κ3) is 7.19. The SMILES string of the molecule is C/C(=N/NC(=O)CN(c1cccc([N+](=O)[O-])c1)S(=O)(=O)c1ccccc1)c1ccc(NC(=O)c2ccccc2)cc1. The number of anilines is 2. The summed E-state index contributed by atoms with van der Waals surface area (Å²) in [5, 5.41) is 18.2. The van der Waals surface area contributed by atoms with Crippen molar-refractivity contribution < 1.29 is 22.9 Å². The van der Waals surface area contributed by atoms with E-state index >= 15 is 0 Å². The highest BCUT2D eigenvalue weighted by molar-refractivity contribution is 7.92. The Bertz CT molecular complexity index is 1690. The van der Waals surface area contributed by atoms with E-state index in [1.165, 1.54) is 42.5 Å². The van der Waals surface area contributed by atoms with Gasteiger partial charge in [-0.15, -0.1) is 0 Å². The van der Waals surface area contributed by atoms with E-state index in [2.05, 4.69) is 15.8 Å². The molecule has 208 valence electrons. The van der Waals surface area contributed by atoms with Gasteiger partial charge in [-0.2, -0.15) is 5.10 Å². The number of nitro benzene ring substituents is 1. The predicted molar refractivity (Wildman–Crippen MR) is 155 cm³/mol. The Hall–Kier alpha value is -5.36. The van der Waals surface area contributed by atoms with Gasteiger partial charge in [0.2, 0.25) is 0 Å². The molecule has 4 rings (SSSR count). The van der Waals surface area contributed by atoms with Gasteiger partial charge in [-0.3, -0.25) is 24.0 Å². The Balaban J connectivity index is 1.49. The summed E-state index contributed by atoms with van der Waals surface area (Å²) in [6.45, 7) is 0.969. The fraction of sp³-hybridized carbons (Fsp3) is 0.0690. The summed E-state index contributed by atoms with van der Waals surface area (Å²) >= 11 is 0. The summed E-state index contributed by atoms with van der Waals surface area (Å²) in [4.78, 5) is 35.8. The van der Waals surface area contributed by atoms with E-state index < -0.39 is 27.4 Å². The van der Waals surface area contributed by atoms with Gasteiger partial charge in [-0.1, -0.05) is 54.6 Å². The number of amides is 2. The molecule has 4 aromatic carbocycles. The lowest BCUT2D eigenvalue weighted by Gasteiger charge is -2.23. The zero-order chi connectivity index (χ0) is 29.4. The van der Waals surface area contributed by atoms with Crippen molar-refractivity contribution in [3.63, 3.8) is 0 Å². The van der Waals surface area contributed by atoms with E-state index in [0.717, 1.165) is 10.4 Å². The first-order valence-corrected chi connectivity index (χ1v) is 13.7. The highest BCUT2D eigenvalue weighted by Crippen LogP contribution is 2.26. The van der Waals surface area contributed by atoms with E-state index in [0.29, 0.717) is 22.5 Å². The smallest absolute Gasteiger partial charge is 0.271 e. The molecule has 0 saturated carbocycles. The van der Waals surface area contributed by atoms with Crippen LogP contribution in [-0.2, 0) is 14.8 Å². The number of benzene rings is 4. The molecule has 0 radical (unpaired) electrons. The van der Waals surface area contributed by atoms with Gasteiger partial charge in [0, 0.05) is 23.4 Å². The Labute approximate surface area is 236 Å². The van der Waals surface area contributed by atoms with Crippen LogP contribution in [0.5, 0.6) is 0 Å². The molecule has 41 heavy (non-hydrogen) atoms. The number of nitro groups is 1. The van der Waals surface area contributed by atoms with Crippen LogP contribution in [0.15, 0.2) is 119 Å². The van der Waals surface area contributed by atoms with Crippen LogP contribution in [0.25, 0.3) is 0 Å². The maximum atomic E-state index is 13.4. The quantitative estimate of drug-likeness (QED) is 0.162. The summed E-state index contributed by atoms with van der Waals surface area (Å²) < 4.78 is 27.6. The largest absolute Gasteiger partial charge is 0.322 e. The van der Waals surface area contributed by atoms with Crippen LogP contribution in [0, 0.1) is 10.1 Å². The first-order valence-electron chi connectivity index (χ1n) is 12.3. The molecule has 0 bridgehead atoms. The molecule has 11 nitrogen and oxygen atoms in total. The van der Waals surface area contributed by atoms with Crippen LogP contribution in [0.4, 0.5) is 17.1 Å². The number of non-ortho nitro benzene ring substituents is 1. The number of carbonyl (C=O) groups is 2. The van der Waals surface area contributed by atoms with Crippen LogP contribution in [0.1, 0.15) is 22.8 Å². The minimum absolute atomic E-state index is 0.0490. The Morgan fingerprint density at radius 1 is 0.854 bits per heavy atom. The highest BCUT2D eigenvalue weighted by Gasteiger charge is 2.28. The second-order valence-corrected chi connectivity index (χ2v) is 10.6. The number of sulfonamides is 1. The number of nitrogens with one attached hydrogen (secondary N) is 2. The fourth-order valence-corrected chi connectivity index (χ4v) is 5.19. The van der Waals surface area contributed by atoms with E-state index in [1.807, 2.05) is 6.07 Å². The molecule has 0 atom stereocenters. The predicted octanol–water partition coefficient (Wildman–Crippen LogP) is 4.58. The van der Waals surface area contributed by atoms with E-state index in [9.17, 15) is 28.1 Å². The van der Waals surface area contributed by atoms with Gasteiger partial charge in [0.25, 0.3) is 27.5 Å². The van der Waals surface area contributed by atoms with E-state index in [1.54, 1.807) is 61.5 Å². The molecular formula is C29H25N5O6S. The van der Waals surface area contributed by atoms with Gasteiger partial charge in [-0.05, 0) is 55.0 Å². The fourth-order valence-electron chi connectivity index (χ4n) is 3.76. The van der Waals surface area contributed by atoms with Gasteiger partial charge >= 0.3 is 0 Å². The summed E-state index contributed by atoms with van der Waals surface area (Å²) in [6, 6.07) is 28.0. The number of rotatable bonds is 10. The van der Waals surface area contributed by atoms with Crippen molar-refractivity contribution in [3.05, 3.63) is 130 Å². The molecule has 4 aromatic rings. The maximum Gasteiger partial charge on any atom is 0.271 e. The third-order valence-corrected chi connectivity index (χ3v) is 7.68. The van der Waals surface area contributed by atoms with E-state index in [-0.39, 0.29) is 22.2 Å². The Morgan fingerprint density at radius 3 is 2.12 bits per heavy atom. The van der Waals surface area contributed by atoms with Gasteiger partial charge in [0.15, 0.2) is 0 Å². The maximum absolute atomic E-state index is 13.4. The van der Waals surface area contributed by atoms with Crippen LogP contribution in [0.3, 0.4) is 0 Å². The van der Waals surface area contributed by atoms with Crippen LogP contribution in [-0.4, -0.2) is 37.4 Å². The molecule has 0 heterocycles. The summed E-state index contributed by atoms with van der Waals surface area (Å²) in [5.74, 6) is -1.02. The molecule has 0 aliphatic heterocycles. The average molecular weight is 572 g/mol. The van der Waals surface area contributed by atoms with Crippen LogP contribution < -0.4 is 15.0 Å². The minimum Gasteiger partial charge on any atom is -0.322 e. The first-order chi connectivity index (χ1) is 19.6. The Morgan fingerprint density at radius 2 is 1.49 bits per heavy atom. The second-order valence-electron chi connectivity index (χ2n) is 8.73. The monoisotopic (exact) mass is 571 g/mol. The molecule has 12 heteroatoms. The number of nitrogens with zero attached hydrogens (tertiary/aromatic N) is 3. The van der Waals surface area contributed by atoms with Gasteiger partial charge < -0.3 is 5.32 Å². The highest BCUT2D eigenvalue weighted by atomic mass is 32.2. The van der Waals surface area contributed by atoms with Gasteiger partial charge in [0.05, 0.1) is 21.2 Å². The number of carbonyl (C=O) groups excluding carboxylic acids is 2. The number of hydrogen-bond donors (Lipinski definition) is 2. The third-order valence-electron chi connectivity index (χ3n) is 5.89. The summed E-state index contributed by atoms with van der Waals surface area (Å²) in [7, 11) is -4.25. The Kier molecular flexibility index (Phi) is 8.85. The van der Waals surface area contributed by atoms with Crippen molar-refractivity contribution in [2.24, 2.45) is 5.10 Å². The zero-order valence-corrected chi connectivity index (χ0v) is 22.6. The molecule has 0 aliphatic rings. The summed E-state index contributed by atoms with van der Waals surface area (Å²) in [6.07, 6.45) is 0. The summed E-state index contributed by atoms with van der Waals surface area (Å²) in [5.41, 5.74) is 4.13. The molecule has 2 N–H and O–H groups in total. The lowest BCUT2D eigenvalue weighted by atomic mass is 10.1. The number of hydrogen-bond acceptors (Lipinski definition) is 7. The molecule has 2 amide bonds. The van der Waals surface area contributed by atoms with Crippen molar-refractivity contribution >= 4 is 44.6 Å².